The van der Waals surface area contributed by atoms with E-state index in [4.69, 9.17) is 9.97 Å². The third kappa shape index (κ3) is 4.86. The van der Waals surface area contributed by atoms with E-state index in [2.05, 4.69) is 15.2 Å². The predicted molar refractivity (Wildman–Crippen MR) is 118 cm³/mol. The summed E-state index contributed by atoms with van der Waals surface area (Å²) in [4.78, 5) is 28.9. The molecule has 0 aromatic carbocycles. The number of nitrogens with one attached hydrogen (secondary N) is 1. The first-order valence-electron chi connectivity index (χ1n) is 11.2. The van der Waals surface area contributed by atoms with Gasteiger partial charge in [0.2, 0.25) is 5.91 Å². The molecule has 2 aromatic rings. The predicted octanol–water partition coefficient (Wildman–Crippen LogP) is 4.46. The van der Waals surface area contributed by atoms with Crippen LogP contribution < -0.4 is 5.32 Å². The summed E-state index contributed by atoms with van der Waals surface area (Å²) in [6, 6.07) is 3.98. The largest absolute Gasteiger partial charge is 0.310 e. The van der Waals surface area contributed by atoms with Crippen LogP contribution in [0.5, 0.6) is 0 Å². The van der Waals surface area contributed by atoms with E-state index in [1.807, 2.05) is 39.1 Å². The first-order chi connectivity index (χ1) is 14.4. The number of carbonyl (C=O) groups is 1. The fraction of sp³-hybridized carbons (Fsp3) is 0.583. The Balaban J connectivity index is 1.44. The highest BCUT2D eigenvalue weighted by Crippen LogP contribution is 2.31. The average Bonchev–Trinajstić information content (AvgIpc) is 2.74. The van der Waals surface area contributed by atoms with Crippen molar-refractivity contribution in [1.82, 2.24) is 19.9 Å². The van der Waals surface area contributed by atoms with Gasteiger partial charge in [0, 0.05) is 66.6 Å². The molecule has 0 saturated heterocycles. The Hall–Kier alpha value is -2.34. The van der Waals surface area contributed by atoms with Gasteiger partial charge in [0.25, 0.3) is 0 Å². The maximum Gasteiger partial charge on any atom is 0.230 e. The summed E-state index contributed by atoms with van der Waals surface area (Å²) in [6.45, 7) is 8.27. The molecule has 160 valence electrons. The van der Waals surface area contributed by atoms with Crippen LogP contribution in [-0.2, 0) is 24.3 Å². The van der Waals surface area contributed by atoms with Gasteiger partial charge in [-0.15, -0.1) is 0 Å². The third-order valence-electron chi connectivity index (χ3n) is 6.20. The summed E-state index contributed by atoms with van der Waals surface area (Å²) >= 11 is 0. The highest BCUT2D eigenvalue weighted by Gasteiger charge is 2.25. The standard InChI is InChI=1S/C24H33N5O/c1-24(2,3)23(30)28-22-18(10-7-12-25-22)15-29-13-11-20-19(16-29)14-26-21(27-20)17-8-5-4-6-9-17/h7,10,12,14,17H,4-6,8-9,11,13,15-16H2,1-3H3,(H,25,28,30). The summed E-state index contributed by atoms with van der Waals surface area (Å²) in [5.41, 5.74) is 3.03. The van der Waals surface area contributed by atoms with Crippen molar-refractivity contribution in [2.45, 2.75) is 78.3 Å². The molecule has 1 aliphatic carbocycles. The zero-order valence-corrected chi connectivity index (χ0v) is 18.4. The van der Waals surface area contributed by atoms with Crippen molar-refractivity contribution in [2.24, 2.45) is 5.41 Å². The monoisotopic (exact) mass is 407 g/mol. The summed E-state index contributed by atoms with van der Waals surface area (Å²) in [7, 11) is 0. The van der Waals surface area contributed by atoms with Gasteiger partial charge in [-0.1, -0.05) is 46.1 Å². The van der Waals surface area contributed by atoms with Crippen molar-refractivity contribution in [3.63, 3.8) is 0 Å². The van der Waals surface area contributed by atoms with E-state index < -0.39 is 5.41 Å². The molecule has 0 radical (unpaired) electrons. The number of nitrogens with zero attached hydrogens (tertiary/aromatic N) is 4. The molecule has 0 bridgehead atoms. The normalized spacial score (nSPS) is 18.1. The molecule has 3 heterocycles. The van der Waals surface area contributed by atoms with Gasteiger partial charge in [-0.25, -0.2) is 15.0 Å². The van der Waals surface area contributed by atoms with Gasteiger partial charge < -0.3 is 5.32 Å². The smallest absolute Gasteiger partial charge is 0.230 e. The molecule has 0 spiro atoms. The van der Waals surface area contributed by atoms with Crippen LogP contribution in [0.4, 0.5) is 5.82 Å². The second kappa shape index (κ2) is 8.80. The van der Waals surface area contributed by atoms with E-state index in [0.717, 1.165) is 37.4 Å². The molecule has 0 atom stereocenters. The fourth-order valence-corrected chi connectivity index (χ4v) is 4.30. The van der Waals surface area contributed by atoms with Crippen molar-refractivity contribution in [2.75, 3.05) is 11.9 Å². The second-order valence-electron chi connectivity index (χ2n) is 9.71. The van der Waals surface area contributed by atoms with Crippen LogP contribution >= 0.6 is 0 Å². The number of fused-ring (bicyclic) bond motifs is 1. The number of carbonyl (C=O) groups excluding carboxylic acids is 1. The average molecular weight is 408 g/mol. The number of hydrogen-bond donors (Lipinski definition) is 1. The molecule has 1 saturated carbocycles. The molecule has 2 aromatic heterocycles. The molecule has 4 rings (SSSR count). The summed E-state index contributed by atoms with van der Waals surface area (Å²) in [5, 5.41) is 3.00. The Morgan fingerprint density at radius 3 is 2.77 bits per heavy atom. The molecule has 2 aliphatic rings. The topological polar surface area (TPSA) is 71.0 Å². The maximum atomic E-state index is 12.4. The highest BCUT2D eigenvalue weighted by atomic mass is 16.2. The summed E-state index contributed by atoms with van der Waals surface area (Å²) in [6.07, 6.45) is 11.1. The van der Waals surface area contributed by atoms with Crippen LogP contribution in [0.3, 0.4) is 0 Å². The number of aromatic nitrogens is 3. The first-order valence-corrected chi connectivity index (χ1v) is 11.2. The minimum atomic E-state index is -0.452. The number of amides is 1. The summed E-state index contributed by atoms with van der Waals surface area (Å²) in [5.74, 6) is 2.25. The van der Waals surface area contributed by atoms with Crippen LogP contribution in [0.15, 0.2) is 24.5 Å². The van der Waals surface area contributed by atoms with Crippen molar-refractivity contribution < 1.29 is 4.79 Å². The lowest BCUT2D eigenvalue weighted by Crippen LogP contribution is -2.32. The minimum absolute atomic E-state index is 0.0184. The number of anilines is 1. The molecule has 30 heavy (non-hydrogen) atoms. The van der Waals surface area contributed by atoms with Gasteiger partial charge in [-0.05, 0) is 18.9 Å². The Morgan fingerprint density at radius 2 is 2.00 bits per heavy atom. The number of rotatable bonds is 4. The fourth-order valence-electron chi connectivity index (χ4n) is 4.30. The zero-order chi connectivity index (χ0) is 21.1. The first kappa shape index (κ1) is 20.9. The maximum absolute atomic E-state index is 12.4. The van der Waals surface area contributed by atoms with Crippen LogP contribution in [0.25, 0.3) is 0 Å². The van der Waals surface area contributed by atoms with Crippen LogP contribution in [0, 0.1) is 5.41 Å². The quantitative estimate of drug-likeness (QED) is 0.810. The van der Waals surface area contributed by atoms with Crippen molar-refractivity contribution >= 4 is 11.7 Å². The molecule has 0 unspecified atom stereocenters. The van der Waals surface area contributed by atoms with E-state index in [0.29, 0.717) is 11.7 Å². The van der Waals surface area contributed by atoms with Crippen molar-refractivity contribution in [1.29, 1.82) is 0 Å². The second-order valence-corrected chi connectivity index (χ2v) is 9.71. The molecule has 6 heteroatoms. The van der Waals surface area contributed by atoms with Crippen molar-refractivity contribution in [3.05, 3.63) is 47.2 Å². The van der Waals surface area contributed by atoms with Gasteiger partial charge >= 0.3 is 0 Å². The van der Waals surface area contributed by atoms with Gasteiger partial charge in [0.1, 0.15) is 11.6 Å². The lowest BCUT2D eigenvalue weighted by Gasteiger charge is -2.29. The molecule has 1 N–H and O–H groups in total. The van der Waals surface area contributed by atoms with Crippen molar-refractivity contribution in [3.8, 4) is 0 Å². The number of hydrogen-bond acceptors (Lipinski definition) is 5. The molecule has 6 nitrogen and oxygen atoms in total. The van der Waals surface area contributed by atoms with Crippen LogP contribution in [0.1, 0.15) is 81.4 Å². The Bertz CT molecular complexity index is 899. The van der Waals surface area contributed by atoms with E-state index >= 15 is 0 Å². The van der Waals surface area contributed by atoms with Gasteiger partial charge in [0.15, 0.2) is 0 Å². The van der Waals surface area contributed by atoms with Gasteiger partial charge in [0.05, 0.1) is 0 Å². The molecule has 1 amide bonds. The summed E-state index contributed by atoms with van der Waals surface area (Å²) < 4.78 is 0. The van der Waals surface area contributed by atoms with E-state index in [-0.39, 0.29) is 5.91 Å². The minimum Gasteiger partial charge on any atom is -0.310 e. The Kier molecular flexibility index (Phi) is 6.14. The molecular weight excluding hydrogens is 374 g/mol. The Morgan fingerprint density at radius 1 is 1.20 bits per heavy atom. The Labute approximate surface area is 179 Å². The number of pyridine rings is 1. The highest BCUT2D eigenvalue weighted by molar-refractivity contribution is 5.94. The van der Waals surface area contributed by atoms with E-state index in [9.17, 15) is 4.79 Å². The van der Waals surface area contributed by atoms with Gasteiger partial charge in [-0.3, -0.25) is 9.69 Å². The lowest BCUT2D eigenvalue weighted by molar-refractivity contribution is -0.123. The zero-order valence-electron chi connectivity index (χ0n) is 18.4. The molecule has 1 aliphatic heterocycles. The SMILES string of the molecule is CC(C)(C)C(=O)Nc1ncccc1CN1CCc2nc(C3CCCCC3)ncc2C1. The van der Waals surface area contributed by atoms with E-state index in [1.165, 1.54) is 43.4 Å². The van der Waals surface area contributed by atoms with Crippen LogP contribution in [-0.4, -0.2) is 32.3 Å². The third-order valence-corrected chi connectivity index (χ3v) is 6.20. The lowest BCUT2D eigenvalue weighted by atomic mass is 9.88. The van der Waals surface area contributed by atoms with Crippen LogP contribution in [0.2, 0.25) is 0 Å². The molecular formula is C24H33N5O. The van der Waals surface area contributed by atoms with E-state index in [1.54, 1.807) is 6.20 Å². The molecule has 1 fully saturated rings. The van der Waals surface area contributed by atoms with Gasteiger partial charge in [-0.2, -0.15) is 0 Å².